The van der Waals surface area contributed by atoms with Gasteiger partial charge in [-0.15, -0.1) is 5.10 Å². The third-order valence-corrected chi connectivity index (χ3v) is 8.42. The summed E-state index contributed by atoms with van der Waals surface area (Å²) in [6.45, 7) is 3.00. The van der Waals surface area contributed by atoms with Gasteiger partial charge in [0.25, 0.3) is 0 Å². The average molecular weight is 473 g/mol. The van der Waals surface area contributed by atoms with Crippen LogP contribution in [-0.4, -0.2) is 58.9 Å². The lowest BCUT2D eigenvalue weighted by Crippen LogP contribution is -2.37. The van der Waals surface area contributed by atoms with Crippen molar-refractivity contribution in [3.05, 3.63) is 65.9 Å². The van der Waals surface area contributed by atoms with Gasteiger partial charge in [-0.1, -0.05) is 47.7 Å². The van der Waals surface area contributed by atoms with E-state index in [-0.39, 0.29) is 11.3 Å². The molecule has 0 radical (unpaired) electrons. The molecule has 2 atom stereocenters. The number of sulfonamides is 1. The fourth-order valence-electron chi connectivity index (χ4n) is 4.07. The van der Waals surface area contributed by atoms with E-state index in [1.165, 1.54) is 11.8 Å². The number of hydrogen-bond donors (Lipinski definition) is 0. The molecule has 0 bridgehead atoms. The van der Waals surface area contributed by atoms with Crippen molar-refractivity contribution in [1.29, 1.82) is 0 Å². The van der Waals surface area contributed by atoms with Gasteiger partial charge in [0.05, 0.1) is 25.6 Å². The van der Waals surface area contributed by atoms with Crippen LogP contribution in [0.4, 0.5) is 0 Å². The van der Waals surface area contributed by atoms with E-state index in [0.717, 1.165) is 34.9 Å². The minimum absolute atomic E-state index is 0.137. The van der Waals surface area contributed by atoms with Crippen molar-refractivity contribution in [2.24, 2.45) is 0 Å². The summed E-state index contributed by atoms with van der Waals surface area (Å²) in [4.78, 5) is 0. The lowest BCUT2D eigenvalue weighted by molar-refractivity contribution is 0.338. The molecule has 2 unspecified atom stereocenters. The summed E-state index contributed by atoms with van der Waals surface area (Å²) in [5.41, 5.74) is 3.99. The number of thioether (sulfide) groups is 1. The highest BCUT2D eigenvalue weighted by molar-refractivity contribution is 7.99. The standard InChI is InChI=1S/C23H28N4O3S2/c1-17-23(19-7-5-4-6-8-19)24-25-26(17)14-20-13-22(15-27(20)32(3,28)29)31-16-18-9-11-21(30-2)12-10-18/h4-12,20,22H,13-16H2,1-3H3. The molecule has 1 saturated heterocycles. The first-order valence-corrected chi connectivity index (χ1v) is 13.4. The summed E-state index contributed by atoms with van der Waals surface area (Å²) in [5.74, 6) is 1.67. The molecule has 0 amide bonds. The van der Waals surface area contributed by atoms with Crippen molar-refractivity contribution in [2.75, 3.05) is 19.9 Å². The Balaban J connectivity index is 1.46. The third-order valence-electron chi connectivity index (χ3n) is 5.81. The van der Waals surface area contributed by atoms with E-state index < -0.39 is 10.0 Å². The Morgan fingerprint density at radius 1 is 1.12 bits per heavy atom. The molecule has 4 rings (SSSR count). The minimum atomic E-state index is -3.31. The number of nitrogens with zero attached hydrogens (tertiary/aromatic N) is 4. The van der Waals surface area contributed by atoms with Crippen molar-refractivity contribution < 1.29 is 13.2 Å². The Morgan fingerprint density at radius 3 is 2.50 bits per heavy atom. The number of rotatable bonds is 8. The van der Waals surface area contributed by atoms with Gasteiger partial charge in [0.15, 0.2) is 0 Å². The zero-order valence-corrected chi connectivity index (χ0v) is 20.1. The van der Waals surface area contributed by atoms with Gasteiger partial charge in [0, 0.05) is 29.2 Å². The minimum Gasteiger partial charge on any atom is -0.497 e. The zero-order valence-electron chi connectivity index (χ0n) is 18.5. The number of benzene rings is 2. The Labute approximate surface area is 193 Å². The topological polar surface area (TPSA) is 77.3 Å². The van der Waals surface area contributed by atoms with E-state index in [9.17, 15) is 8.42 Å². The van der Waals surface area contributed by atoms with Crippen LogP contribution in [-0.2, 0) is 22.3 Å². The summed E-state index contributed by atoms with van der Waals surface area (Å²) in [6.07, 6.45) is 2.08. The van der Waals surface area contributed by atoms with Crippen LogP contribution in [0.3, 0.4) is 0 Å². The average Bonchev–Trinajstić information content (AvgIpc) is 3.37. The van der Waals surface area contributed by atoms with E-state index in [2.05, 4.69) is 22.4 Å². The van der Waals surface area contributed by atoms with Crippen molar-refractivity contribution in [3.63, 3.8) is 0 Å². The SMILES string of the molecule is COc1ccc(CSC2CC(Cn3nnc(-c4ccccc4)c3C)N(S(C)(=O)=O)C2)cc1. The van der Waals surface area contributed by atoms with E-state index >= 15 is 0 Å². The molecule has 0 spiro atoms. The second-order valence-electron chi connectivity index (χ2n) is 8.07. The summed E-state index contributed by atoms with van der Waals surface area (Å²) >= 11 is 1.80. The van der Waals surface area contributed by atoms with Gasteiger partial charge in [-0.3, -0.25) is 0 Å². The van der Waals surface area contributed by atoms with Gasteiger partial charge in [0.2, 0.25) is 10.0 Å². The van der Waals surface area contributed by atoms with Crippen LogP contribution >= 0.6 is 11.8 Å². The van der Waals surface area contributed by atoms with Crippen molar-refractivity contribution in [1.82, 2.24) is 19.3 Å². The molecule has 7 nitrogen and oxygen atoms in total. The highest BCUT2D eigenvalue weighted by Gasteiger charge is 2.38. The lowest BCUT2D eigenvalue weighted by Gasteiger charge is -2.22. The molecule has 0 saturated carbocycles. The largest absolute Gasteiger partial charge is 0.497 e. The van der Waals surface area contributed by atoms with Crippen molar-refractivity contribution >= 4 is 21.8 Å². The molecular formula is C23H28N4O3S2. The third kappa shape index (κ3) is 5.16. The zero-order chi connectivity index (χ0) is 22.7. The smallest absolute Gasteiger partial charge is 0.211 e. The predicted octanol–water partition coefficient (Wildman–Crippen LogP) is 3.60. The van der Waals surface area contributed by atoms with Gasteiger partial charge >= 0.3 is 0 Å². The molecule has 2 heterocycles. The molecule has 1 aliphatic heterocycles. The summed E-state index contributed by atoms with van der Waals surface area (Å²) < 4.78 is 33.7. The van der Waals surface area contributed by atoms with Gasteiger partial charge < -0.3 is 4.74 Å². The maximum absolute atomic E-state index is 12.5. The van der Waals surface area contributed by atoms with E-state index in [4.69, 9.17) is 4.74 Å². The molecule has 9 heteroatoms. The molecule has 170 valence electrons. The highest BCUT2D eigenvalue weighted by atomic mass is 32.2. The first kappa shape index (κ1) is 22.8. The van der Waals surface area contributed by atoms with Crippen LogP contribution in [0.2, 0.25) is 0 Å². The fraction of sp³-hybridized carbons (Fsp3) is 0.391. The second kappa shape index (κ2) is 9.64. The molecule has 0 N–H and O–H groups in total. The van der Waals surface area contributed by atoms with Crippen LogP contribution in [0, 0.1) is 6.92 Å². The van der Waals surface area contributed by atoms with Crippen LogP contribution in [0.5, 0.6) is 5.75 Å². The summed E-state index contributed by atoms with van der Waals surface area (Å²) in [5, 5.41) is 8.92. The number of hydrogen-bond acceptors (Lipinski definition) is 6. The van der Waals surface area contributed by atoms with Gasteiger partial charge in [-0.2, -0.15) is 16.1 Å². The normalized spacial score (nSPS) is 19.3. The molecule has 32 heavy (non-hydrogen) atoms. The number of ether oxygens (including phenoxy) is 1. The van der Waals surface area contributed by atoms with Crippen LogP contribution < -0.4 is 4.74 Å². The van der Waals surface area contributed by atoms with Crippen LogP contribution in [0.15, 0.2) is 54.6 Å². The number of methoxy groups -OCH3 is 1. The monoisotopic (exact) mass is 472 g/mol. The van der Waals surface area contributed by atoms with Gasteiger partial charge in [-0.05, 0) is 31.0 Å². The Bertz CT molecular complexity index is 1150. The van der Waals surface area contributed by atoms with Gasteiger partial charge in [0.1, 0.15) is 11.4 Å². The molecule has 0 aliphatic carbocycles. The fourth-order valence-corrected chi connectivity index (χ4v) is 6.55. The summed E-state index contributed by atoms with van der Waals surface area (Å²) in [6, 6.07) is 17.8. The van der Waals surface area contributed by atoms with Crippen molar-refractivity contribution in [2.45, 2.75) is 36.9 Å². The molecule has 3 aromatic rings. The van der Waals surface area contributed by atoms with Crippen LogP contribution in [0.25, 0.3) is 11.3 Å². The predicted molar refractivity (Wildman–Crippen MR) is 128 cm³/mol. The molecule has 1 aromatic heterocycles. The maximum Gasteiger partial charge on any atom is 0.211 e. The number of aromatic nitrogens is 3. The Kier molecular flexibility index (Phi) is 6.88. The molecular weight excluding hydrogens is 444 g/mol. The highest BCUT2D eigenvalue weighted by Crippen LogP contribution is 2.33. The van der Waals surface area contributed by atoms with E-state index in [1.54, 1.807) is 23.2 Å². The lowest BCUT2D eigenvalue weighted by atomic mass is 10.1. The molecule has 2 aromatic carbocycles. The maximum atomic E-state index is 12.5. The van der Waals surface area contributed by atoms with E-state index in [1.807, 2.05) is 54.1 Å². The summed E-state index contributed by atoms with van der Waals surface area (Å²) in [7, 11) is -1.66. The van der Waals surface area contributed by atoms with E-state index in [0.29, 0.717) is 13.1 Å². The molecule has 1 aliphatic rings. The van der Waals surface area contributed by atoms with Crippen LogP contribution in [0.1, 0.15) is 17.7 Å². The second-order valence-corrected chi connectivity index (χ2v) is 11.3. The Hall–Kier alpha value is -2.36. The first-order valence-electron chi connectivity index (χ1n) is 10.5. The van der Waals surface area contributed by atoms with Gasteiger partial charge in [-0.25, -0.2) is 13.1 Å². The van der Waals surface area contributed by atoms with Crippen molar-refractivity contribution in [3.8, 4) is 17.0 Å². The first-order chi connectivity index (χ1) is 15.3. The molecule has 1 fully saturated rings. The Morgan fingerprint density at radius 2 is 1.84 bits per heavy atom. The quantitative estimate of drug-likeness (QED) is 0.499.